The van der Waals surface area contributed by atoms with Crippen LogP contribution < -0.4 is 10.5 Å². The molecule has 0 aliphatic heterocycles. The average Bonchev–Trinajstić information content (AvgIpc) is 2.25. The lowest BCUT2D eigenvalue weighted by Gasteiger charge is -2.11. The van der Waals surface area contributed by atoms with Crippen LogP contribution in [0.15, 0.2) is 18.2 Å². The molecule has 16 heavy (non-hydrogen) atoms. The third kappa shape index (κ3) is 2.89. The fourth-order valence-electron chi connectivity index (χ4n) is 1.25. The lowest BCUT2D eigenvalue weighted by molar-refractivity contribution is 0.0456. The molecule has 0 spiro atoms. The highest BCUT2D eigenvalue weighted by Crippen LogP contribution is 2.24. The van der Waals surface area contributed by atoms with Gasteiger partial charge in [-0.3, -0.25) is 0 Å². The summed E-state index contributed by atoms with van der Waals surface area (Å²) in [5, 5.41) is 0. The number of hydrogen-bond donors (Lipinski definition) is 1. The molecular formula is C12H17NO3. The minimum Gasteiger partial charge on any atom is -0.496 e. The van der Waals surface area contributed by atoms with Gasteiger partial charge in [0.2, 0.25) is 0 Å². The van der Waals surface area contributed by atoms with Crippen LogP contribution in [0.4, 0.5) is 5.69 Å². The first-order chi connectivity index (χ1) is 7.56. The molecule has 1 rings (SSSR count). The second-order valence-electron chi connectivity index (χ2n) is 3.92. The van der Waals surface area contributed by atoms with E-state index < -0.39 is 5.97 Å². The maximum absolute atomic E-state index is 11.8. The molecule has 0 unspecified atom stereocenters. The Hall–Kier alpha value is -1.71. The summed E-state index contributed by atoms with van der Waals surface area (Å²) >= 11 is 0. The molecule has 1 aromatic rings. The van der Waals surface area contributed by atoms with E-state index in [4.69, 9.17) is 15.2 Å². The monoisotopic (exact) mass is 223 g/mol. The second-order valence-corrected chi connectivity index (χ2v) is 3.92. The zero-order chi connectivity index (χ0) is 12.1. The molecule has 4 heteroatoms. The molecule has 2 N–H and O–H groups in total. The quantitative estimate of drug-likeness (QED) is 0.627. The molecule has 0 aliphatic rings. The molecule has 0 heterocycles. The van der Waals surface area contributed by atoms with Crippen LogP contribution in [0.25, 0.3) is 0 Å². The van der Waals surface area contributed by atoms with Crippen molar-refractivity contribution in [3.8, 4) is 5.75 Å². The second kappa shape index (κ2) is 5.39. The van der Waals surface area contributed by atoms with Gasteiger partial charge in [-0.25, -0.2) is 4.79 Å². The molecule has 1 aromatic carbocycles. The van der Waals surface area contributed by atoms with E-state index in [0.717, 1.165) is 0 Å². The largest absolute Gasteiger partial charge is 0.496 e. The normalized spacial score (nSPS) is 10.2. The lowest BCUT2D eigenvalue weighted by Crippen LogP contribution is -2.13. The Morgan fingerprint density at radius 1 is 1.44 bits per heavy atom. The van der Waals surface area contributed by atoms with Crippen molar-refractivity contribution < 1.29 is 14.3 Å². The van der Waals surface area contributed by atoms with Gasteiger partial charge < -0.3 is 15.2 Å². The van der Waals surface area contributed by atoms with Crippen LogP contribution >= 0.6 is 0 Å². The minimum atomic E-state index is -0.441. The first kappa shape index (κ1) is 12.4. The highest BCUT2D eigenvalue weighted by Gasteiger charge is 2.17. The minimum absolute atomic E-state index is 0.292. The van der Waals surface area contributed by atoms with Gasteiger partial charge in [0.1, 0.15) is 11.3 Å². The summed E-state index contributed by atoms with van der Waals surface area (Å²) < 4.78 is 10.2. The van der Waals surface area contributed by atoms with E-state index in [1.54, 1.807) is 18.2 Å². The Morgan fingerprint density at radius 3 is 2.69 bits per heavy atom. The van der Waals surface area contributed by atoms with Crippen LogP contribution in [0.2, 0.25) is 0 Å². The van der Waals surface area contributed by atoms with E-state index in [-0.39, 0.29) is 0 Å². The predicted octanol–water partition coefficient (Wildman–Crippen LogP) is 2.09. The van der Waals surface area contributed by atoms with Crippen molar-refractivity contribution in [2.75, 3.05) is 19.5 Å². The Bertz CT molecular complexity index is 375. The van der Waals surface area contributed by atoms with Gasteiger partial charge in [0.15, 0.2) is 0 Å². The summed E-state index contributed by atoms with van der Waals surface area (Å²) in [6.07, 6.45) is 0. The van der Waals surface area contributed by atoms with Crippen molar-refractivity contribution in [1.82, 2.24) is 0 Å². The van der Waals surface area contributed by atoms with Gasteiger partial charge in [-0.1, -0.05) is 19.9 Å². The average molecular weight is 223 g/mol. The van der Waals surface area contributed by atoms with Gasteiger partial charge >= 0.3 is 5.97 Å². The molecular weight excluding hydrogens is 206 g/mol. The smallest absolute Gasteiger partial charge is 0.344 e. The van der Waals surface area contributed by atoms with Crippen LogP contribution in [0.1, 0.15) is 24.2 Å². The first-order valence-corrected chi connectivity index (χ1v) is 5.15. The number of carbonyl (C=O) groups is 1. The number of rotatable bonds is 4. The maximum atomic E-state index is 11.8. The van der Waals surface area contributed by atoms with E-state index in [1.807, 2.05) is 13.8 Å². The molecule has 0 atom stereocenters. The van der Waals surface area contributed by atoms with Gasteiger partial charge in [-0.2, -0.15) is 0 Å². The zero-order valence-electron chi connectivity index (χ0n) is 9.82. The fraction of sp³-hybridized carbons (Fsp3) is 0.417. The first-order valence-electron chi connectivity index (χ1n) is 5.15. The van der Waals surface area contributed by atoms with Gasteiger partial charge in [0, 0.05) is 5.69 Å². The molecule has 0 radical (unpaired) electrons. The Balaban J connectivity index is 2.89. The van der Waals surface area contributed by atoms with E-state index in [2.05, 4.69) is 0 Å². The Morgan fingerprint density at radius 2 is 2.12 bits per heavy atom. The molecule has 88 valence electrons. The zero-order valence-corrected chi connectivity index (χ0v) is 9.82. The van der Waals surface area contributed by atoms with Crippen molar-refractivity contribution in [3.05, 3.63) is 23.8 Å². The summed E-state index contributed by atoms with van der Waals surface area (Å²) in [5.41, 5.74) is 6.39. The number of nitrogen functional groups attached to an aromatic ring is 1. The summed E-state index contributed by atoms with van der Waals surface area (Å²) in [7, 11) is 1.49. The summed E-state index contributed by atoms with van der Waals surface area (Å²) in [5.74, 6) is 0.289. The molecule has 0 fully saturated rings. The number of ether oxygens (including phenoxy) is 2. The lowest BCUT2D eigenvalue weighted by atomic mass is 10.1. The third-order valence-corrected chi connectivity index (χ3v) is 2.03. The topological polar surface area (TPSA) is 61.5 Å². The van der Waals surface area contributed by atoms with Crippen molar-refractivity contribution in [2.45, 2.75) is 13.8 Å². The van der Waals surface area contributed by atoms with Crippen LogP contribution in [-0.4, -0.2) is 19.7 Å². The highest BCUT2D eigenvalue weighted by atomic mass is 16.5. The van der Waals surface area contributed by atoms with Gasteiger partial charge in [-0.15, -0.1) is 0 Å². The summed E-state index contributed by atoms with van der Waals surface area (Å²) in [4.78, 5) is 11.8. The van der Waals surface area contributed by atoms with Crippen LogP contribution in [0.3, 0.4) is 0 Å². The maximum Gasteiger partial charge on any atom is 0.344 e. The van der Waals surface area contributed by atoms with E-state index >= 15 is 0 Å². The number of carbonyl (C=O) groups excluding carboxylic acids is 1. The van der Waals surface area contributed by atoms with Gasteiger partial charge in [-0.05, 0) is 18.1 Å². The number of esters is 1. The SMILES string of the molecule is COc1cccc(N)c1C(=O)OCC(C)C. The van der Waals surface area contributed by atoms with E-state index in [9.17, 15) is 4.79 Å². The summed E-state index contributed by atoms with van der Waals surface area (Å²) in [6.45, 7) is 4.31. The van der Waals surface area contributed by atoms with Crippen LogP contribution in [0.5, 0.6) is 5.75 Å². The number of benzene rings is 1. The van der Waals surface area contributed by atoms with Crippen LogP contribution in [-0.2, 0) is 4.74 Å². The molecule has 0 aliphatic carbocycles. The van der Waals surface area contributed by atoms with E-state index in [1.165, 1.54) is 7.11 Å². The Labute approximate surface area is 95.3 Å². The Kier molecular flexibility index (Phi) is 4.17. The van der Waals surface area contributed by atoms with Crippen molar-refractivity contribution >= 4 is 11.7 Å². The van der Waals surface area contributed by atoms with Crippen molar-refractivity contribution in [3.63, 3.8) is 0 Å². The number of nitrogens with two attached hydrogens (primary N) is 1. The number of methoxy groups -OCH3 is 1. The molecule has 0 amide bonds. The summed E-state index contributed by atoms with van der Waals surface area (Å²) in [6, 6.07) is 5.06. The standard InChI is InChI=1S/C12H17NO3/c1-8(2)7-16-12(14)11-9(13)5-4-6-10(11)15-3/h4-6,8H,7,13H2,1-3H3. The molecule has 4 nitrogen and oxygen atoms in total. The fourth-order valence-corrected chi connectivity index (χ4v) is 1.25. The predicted molar refractivity (Wildman–Crippen MR) is 62.5 cm³/mol. The molecule has 0 aromatic heterocycles. The van der Waals surface area contributed by atoms with E-state index in [0.29, 0.717) is 29.5 Å². The molecule has 0 bridgehead atoms. The van der Waals surface area contributed by atoms with Gasteiger partial charge in [0.05, 0.1) is 13.7 Å². The highest BCUT2D eigenvalue weighted by molar-refractivity contribution is 5.98. The number of anilines is 1. The van der Waals surface area contributed by atoms with Crippen molar-refractivity contribution in [1.29, 1.82) is 0 Å². The van der Waals surface area contributed by atoms with Crippen molar-refractivity contribution in [2.24, 2.45) is 5.92 Å². The molecule has 0 saturated carbocycles. The van der Waals surface area contributed by atoms with Gasteiger partial charge in [0.25, 0.3) is 0 Å². The van der Waals surface area contributed by atoms with Crippen LogP contribution in [0, 0.1) is 5.92 Å². The molecule has 0 saturated heterocycles. The third-order valence-electron chi connectivity index (χ3n) is 2.03. The number of hydrogen-bond acceptors (Lipinski definition) is 4.